The first kappa shape index (κ1) is 10.8. The monoisotopic (exact) mass is 227 g/mol. The summed E-state index contributed by atoms with van der Waals surface area (Å²) in [5.74, 6) is 0.185. The number of hydrogen-bond acceptors (Lipinski definition) is 5. The van der Waals surface area contributed by atoms with E-state index < -0.39 is 0 Å². The van der Waals surface area contributed by atoms with E-state index in [1.165, 1.54) is 0 Å². The van der Waals surface area contributed by atoms with E-state index in [0.717, 1.165) is 10.6 Å². The Morgan fingerprint density at radius 2 is 1.80 bits per heavy atom. The third kappa shape index (κ3) is 2.46. The van der Waals surface area contributed by atoms with Crippen LogP contribution in [0.4, 0.5) is 0 Å². The van der Waals surface area contributed by atoms with Crippen molar-refractivity contribution in [1.82, 2.24) is 21.9 Å². The number of hydrogen-bond donors (Lipinski definition) is 5. The topological polar surface area (TPSA) is 74.1 Å². The molecule has 82 valence electrons. The van der Waals surface area contributed by atoms with Crippen molar-refractivity contribution in [2.24, 2.45) is 5.73 Å². The average molecular weight is 228 g/mol. The van der Waals surface area contributed by atoms with Gasteiger partial charge in [0.15, 0.2) is 0 Å². The van der Waals surface area contributed by atoms with Crippen LogP contribution < -0.4 is 27.7 Å². The Labute approximate surface area is 93.3 Å². The molecule has 6 N–H and O–H groups in total. The molecule has 0 radical (unpaired) electrons. The lowest BCUT2D eigenvalue weighted by atomic mass is 9.97. The molecule has 0 amide bonds. The lowest BCUT2D eigenvalue weighted by molar-refractivity contribution is 0.436. The molecule has 1 aliphatic heterocycles. The summed E-state index contributed by atoms with van der Waals surface area (Å²) in [6.07, 6.45) is 0.0659. The second-order valence-corrected chi connectivity index (χ2v) is 3.85. The fourth-order valence-corrected chi connectivity index (χ4v) is 1.77. The molecular weight excluding hydrogens is 214 g/mol. The summed E-state index contributed by atoms with van der Waals surface area (Å²) in [6.45, 7) is 0.551. The van der Waals surface area contributed by atoms with Crippen molar-refractivity contribution >= 4 is 11.6 Å². The number of halogens is 1. The number of rotatable bonds is 3. The van der Waals surface area contributed by atoms with Gasteiger partial charge in [-0.1, -0.05) is 23.7 Å². The Hall–Kier alpha value is -0.690. The SMILES string of the molecule is NCC(c1ccc(Cl)cc1)C1NNNN1. The summed E-state index contributed by atoms with van der Waals surface area (Å²) < 4.78 is 0. The van der Waals surface area contributed by atoms with Crippen molar-refractivity contribution in [2.45, 2.75) is 12.1 Å². The Morgan fingerprint density at radius 1 is 1.20 bits per heavy atom. The highest BCUT2D eigenvalue weighted by Gasteiger charge is 2.24. The number of nitrogens with two attached hydrogens (primary N) is 1. The van der Waals surface area contributed by atoms with Crippen molar-refractivity contribution < 1.29 is 0 Å². The van der Waals surface area contributed by atoms with E-state index in [1.807, 2.05) is 24.3 Å². The van der Waals surface area contributed by atoms with E-state index in [0.29, 0.717) is 6.54 Å². The van der Waals surface area contributed by atoms with Gasteiger partial charge in [-0.2, -0.15) is 11.1 Å². The summed E-state index contributed by atoms with van der Waals surface area (Å²) in [6, 6.07) is 7.72. The zero-order chi connectivity index (χ0) is 10.7. The minimum atomic E-state index is 0.0659. The van der Waals surface area contributed by atoms with Gasteiger partial charge < -0.3 is 5.73 Å². The molecule has 1 aromatic carbocycles. The van der Waals surface area contributed by atoms with Crippen LogP contribution in [-0.4, -0.2) is 12.7 Å². The van der Waals surface area contributed by atoms with Gasteiger partial charge in [-0.3, -0.25) is 0 Å². The van der Waals surface area contributed by atoms with Gasteiger partial charge in [0, 0.05) is 17.5 Å². The number of benzene rings is 1. The van der Waals surface area contributed by atoms with Crippen molar-refractivity contribution in [3.05, 3.63) is 34.9 Å². The first-order valence-electron chi connectivity index (χ1n) is 4.78. The normalized spacial score (nSPS) is 19.3. The molecule has 1 aromatic rings. The third-order valence-electron chi connectivity index (χ3n) is 2.47. The van der Waals surface area contributed by atoms with Gasteiger partial charge in [0.2, 0.25) is 0 Å². The predicted molar refractivity (Wildman–Crippen MR) is 59.6 cm³/mol. The molecule has 5 nitrogen and oxygen atoms in total. The summed E-state index contributed by atoms with van der Waals surface area (Å²) in [5, 5.41) is 0.734. The standard InChI is InChI=1S/C9H14ClN5/c10-7-3-1-6(2-4-7)8(5-11)9-12-14-15-13-9/h1-4,8-9,12-15H,5,11H2. The Balaban J connectivity index is 2.14. The van der Waals surface area contributed by atoms with E-state index in [1.54, 1.807) is 0 Å². The van der Waals surface area contributed by atoms with Crippen LogP contribution in [0.1, 0.15) is 11.5 Å². The second kappa shape index (κ2) is 4.89. The van der Waals surface area contributed by atoms with Crippen LogP contribution >= 0.6 is 11.6 Å². The Morgan fingerprint density at radius 3 is 2.33 bits per heavy atom. The molecule has 1 saturated heterocycles. The smallest absolute Gasteiger partial charge is 0.0939 e. The fourth-order valence-electron chi connectivity index (χ4n) is 1.64. The van der Waals surface area contributed by atoms with Crippen LogP contribution in [0.3, 0.4) is 0 Å². The predicted octanol–water partition coefficient (Wildman–Crippen LogP) is -0.175. The molecule has 1 fully saturated rings. The minimum Gasteiger partial charge on any atom is -0.330 e. The summed E-state index contributed by atoms with van der Waals surface area (Å²) in [4.78, 5) is 0. The average Bonchev–Trinajstić information content (AvgIpc) is 2.75. The molecule has 0 aliphatic carbocycles. The van der Waals surface area contributed by atoms with Gasteiger partial charge in [0.25, 0.3) is 0 Å². The molecule has 0 spiro atoms. The lowest BCUT2D eigenvalue weighted by Crippen LogP contribution is -2.42. The number of hydrazine groups is 3. The summed E-state index contributed by atoms with van der Waals surface area (Å²) in [7, 11) is 0. The van der Waals surface area contributed by atoms with E-state index in [4.69, 9.17) is 17.3 Å². The largest absolute Gasteiger partial charge is 0.330 e. The van der Waals surface area contributed by atoms with Crippen LogP contribution in [0, 0.1) is 0 Å². The Bertz CT molecular complexity index is 309. The highest BCUT2D eigenvalue weighted by atomic mass is 35.5. The van der Waals surface area contributed by atoms with Crippen LogP contribution in [0.5, 0.6) is 0 Å². The van der Waals surface area contributed by atoms with Crippen molar-refractivity contribution in [3.8, 4) is 0 Å². The van der Waals surface area contributed by atoms with Gasteiger partial charge in [0.1, 0.15) is 0 Å². The summed E-state index contributed by atoms with van der Waals surface area (Å²) >= 11 is 5.83. The highest BCUT2D eigenvalue weighted by Crippen LogP contribution is 2.20. The minimum absolute atomic E-state index is 0.0659. The van der Waals surface area contributed by atoms with Gasteiger partial charge in [0.05, 0.1) is 6.17 Å². The molecule has 0 bridgehead atoms. The maximum Gasteiger partial charge on any atom is 0.0939 e. The van der Waals surface area contributed by atoms with Gasteiger partial charge in [-0.15, -0.1) is 0 Å². The number of nitrogens with one attached hydrogen (secondary N) is 4. The zero-order valence-electron chi connectivity index (χ0n) is 8.13. The van der Waals surface area contributed by atoms with E-state index >= 15 is 0 Å². The maximum atomic E-state index is 5.83. The molecular formula is C9H14ClN5. The lowest BCUT2D eigenvalue weighted by Gasteiger charge is -2.21. The first-order chi connectivity index (χ1) is 7.31. The molecule has 0 aromatic heterocycles. The molecule has 1 atom stereocenters. The summed E-state index contributed by atoms with van der Waals surface area (Å²) in [5.41, 5.74) is 18.5. The second-order valence-electron chi connectivity index (χ2n) is 3.41. The first-order valence-corrected chi connectivity index (χ1v) is 5.15. The quantitative estimate of drug-likeness (QED) is 0.496. The molecule has 1 unspecified atom stereocenters. The van der Waals surface area contributed by atoms with Crippen molar-refractivity contribution in [1.29, 1.82) is 0 Å². The van der Waals surface area contributed by atoms with Gasteiger partial charge in [-0.05, 0) is 17.7 Å². The molecule has 0 saturated carbocycles. The molecule has 1 heterocycles. The molecule has 2 rings (SSSR count). The van der Waals surface area contributed by atoms with E-state index in [2.05, 4.69) is 21.9 Å². The molecule has 1 aliphatic rings. The van der Waals surface area contributed by atoms with Crippen molar-refractivity contribution in [2.75, 3.05) is 6.54 Å². The maximum absolute atomic E-state index is 5.83. The van der Waals surface area contributed by atoms with E-state index in [9.17, 15) is 0 Å². The zero-order valence-corrected chi connectivity index (χ0v) is 8.88. The van der Waals surface area contributed by atoms with E-state index in [-0.39, 0.29) is 12.1 Å². The molecule has 15 heavy (non-hydrogen) atoms. The van der Waals surface area contributed by atoms with Crippen molar-refractivity contribution in [3.63, 3.8) is 0 Å². The third-order valence-corrected chi connectivity index (χ3v) is 2.72. The van der Waals surface area contributed by atoms with Gasteiger partial charge >= 0.3 is 0 Å². The fraction of sp³-hybridized carbons (Fsp3) is 0.333. The van der Waals surface area contributed by atoms with Gasteiger partial charge in [-0.25, -0.2) is 10.9 Å². The van der Waals surface area contributed by atoms with Crippen LogP contribution in [0.2, 0.25) is 5.02 Å². The van der Waals surface area contributed by atoms with Crippen LogP contribution in [0.15, 0.2) is 24.3 Å². The molecule has 6 heteroatoms. The highest BCUT2D eigenvalue weighted by molar-refractivity contribution is 6.30. The van der Waals surface area contributed by atoms with Crippen LogP contribution in [0.25, 0.3) is 0 Å². The van der Waals surface area contributed by atoms with Crippen LogP contribution in [-0.2, 0) is 0 Å². The Kier molecular flexibility index (Phi) is 3.53.